The van der Waals surface area contributed by atoms with Crippen molar-refractivity contribution in [1.82, 2.24) is 9.13 Å². The zero-order valence-electron chi connectivity index (χ0n) is 24.4. The molecule has 0 radical (unpaired) electrons. The van der Waals surface area contributed by atoms with Gasteiger partial charge < -0.3 is 19.9 Å². The van der Waals surface area contributed by atoms with E-state index in [1.54, 1.807) is 6.21 Å². The van der Waals surface area contributed by atoms with E-state index in [0.29, 0.717) is 5.92 Å². The Balaban J connectivity index is 1.45. The van der Waals surface area contributed by atoms with Crippen LogP contribution in [0.3, 0.4) is 0 Å². The summed E-state index contributed by atoms with van der Waals surface area (Å²) in [6.45, 7) is 4.46. The summed E-state index contributed by atoms with van der Waals surface area (Å²) in [7, 11) is 0. The minimum atomic E-state index is 0.0706. The van der Waals surface area contributed by atoms with Crippen molar-refractivity contribution >= 4 is 45.0 Å². The van der Waals surface area contributed by atoms with Gasteiger partial charge in [-0.3, -0.25) is 0 Å². The van der Waals surface area contributed by atoms with Crippen LogP contribution in [0.5, 0.6) is 0 Å². The van der Waals surface area contributed by atoms with Gasteiger partial charge in [0.05, 0.1) is 17.1 Å². The Kier molecular flexibility index (Phi) is 5.97. The van der Waals surface area contributed by atoms with Gasteiger partial charge in [0.25, 0.3) is 0 Å². The van der Waals surface area contributed by atoms with E-state index in [4.69, 9.17) is 5.41 Å². The number of para-hydroxylation sites is 2. The third-order valence-electron chi connectivity index (χ3n) is 9.38. The van der Waals surface area contributed by atoms with Gasteiger partial charge in [-0.15, -0.1) is 0 Å². The molecule has 8 rings (SSSR count). The Morgan fingerprint density at radius 1 is 0.837 bits per heavy atom. The number of rotatable bonds is 3. The maximum Gasteiger partial charge on any atom is 0.0646 e. The van der Waals surface area contributed by atoms with E-state index in [0.717, 1.165) is 17.1 Å². The topological polar surface area (TPSA) is 45.7 Å². The van der Waals surface area contributed by atoms with Gasteiger partial charge in [-0.25, -0.2) is 0 Å². The van der Waals surface area contributed by atoms with Gasteiger partial charge in [0.1, 0.15) is 0 Å². The number of allylic oxidation sites excluding steroid dienone is 4. The van der Waals surface area contributed by atoms with Crippen LogP contribution >= 0.6 is 0 Å². The first kappa shape index (κ1) is 25.6. The van der Waals surface area contributed by atoms with E-state index in [2.05, 4.69) is 156 Å². The second kappa shape index (κ2) is 10.0. The molecule has 1 aliphatic heterocycles. The molecule has 0 saturated heterocycles. The Labute approximate surface area is 252 Å². The number of aromatic nitrogens is 2. The van der Waals surface area contributed by atoms with Crippen molar-refractivity contribution in [2.75, 3.05) is 5.32 Å². The van der Waals surface area contributed by atoms with E-state index >= 15 is 0 Å². The minimum Gasteiger partial charge on any atom is -0.355 e. The van der Waals surface area contributed by atoms with Gasteiger partial charge in [-0.05, 0) is 77.4 Å². The van der Waals surface area contributed by atoms with Crippen LogP contribution < -0.4 is 5.32 Å². The molecule has 2 aromatic heterocycles. The highest BCUT2D eigenvalue weighted by atomic mass is 15.0. The van der Waals surface area contributed by atoms with E-state index in [1.165, 1.54) is 44.1 Å². The molecule has 0 amide bonds. The molecule has 2 N–H and O–H groups in total. The Morgan fingerprint density at radius 2 is 1.67 bits per heavy atom. The fraction of sp³-hybridized carbons (Fsp3) is 0.154. The van der Waals surface area contributed by atoms with Crippen LogP contribution in [0.1, 0.15) is 42.5 Å². The molecule has 4 aromatic carbocycles. The van der Waals surface area contributed by atoms with Gasteiger partial charge in [0.2, 0.25) is 0 Å². The van der Waals surface area contributed by atoms with E-state index in [1.807, 2.05) is 0 Å². The number of anilines is 2. The molecule has 43 heavy (non-hydrogen) atoms. The predicted molar refractivity (Wildman–Crippen MR) is 180 cm³/mol. The van der Waals surface area contributed by atoms with Crippen LogP contribution in [0, 0.1) is 17.2 Å². The van der Waals surface area contributed by atoms with Gasteiger partial charge in [0, 0.05) is 57.6 Å². The SMILES string of the molecule is CC(C=N)C1c2cccc(c2)Nc2cc3c(cc2C2=CC=CC(C)C2n2ccc1c2)c1ccccc1n3-c1ccccc1. The number of fused-ring (bicyclic) bond motifs is 11. The average Bonchev–Trinajstić information content (AvgIpc) is 3.63. The second-order valence-electron chi connectivity index (χ2n) is 12.1. The molecule has 1 aliphatic carbocycles. The first-order valence-electron chi connectivity index (χ1n) is 15.2. The largest absolute Gasteiger partial charge is 0.355 e. The van der Waals surface area contributed by atoms with Crippen LogP contribution in [-0.4, -0.2) is 15.3 Å². The number of nitrogens with one attached hydrogen (secondary N) is 2. The maximum absolute atomic E-state index is 8.16. The van der Waals surface area contributed by atoms with E-state index in [-0.39, 0.29) is 17.9 Å². The highest BCUT2D eigenvalue weighted by Crippen LogP contribution is 2.46. The van der Waals surface area contributed by atoms with Crippen molar-refractivity contribution in [3.63, 3.8) is 0 Å². The van der Waals surface area contributed by atoms with Crippen LogP contribution in [-0.2, 0) is 0 Å². The third-order valence-corrected chi connectivity index (χ3v) is 9.38. The van der Waals surface area contributed by atoms with Gasteiger partial charge in [-0.2, -0.15) is 0 Å². The normalized spacial score (nSPS) is 19.9. The molecular formula is C39H34N4. The van der Waals surface area contributed by atoms with Crippen LogP contribution in [0.4, 0.5) is 11.4 Å². The molecule has 4 atom stereocenters. The van der Waals surface area contributed by atoms with Crippen LogP contribution in [0.25, 0.3) is 33.1 Å². The van der Waals surface area contributed by atoms with Crippen molar-refractivity contribution in [3.8, 4) is 5.69 Å². The summed E-state index contributed by atoms with van der Waals surface area (Å²) in [6.07, 6.45) is 13.0. The first-order chi connectivity index (χ1) is 21.1. The monoisotopic (exact) mass is 558 g/mol. The van der Waals surface area contributed by atoms with Crippen molar-refractivity contribution in [1.29, 1.82) is 5.41 Å². The van der Waals surface area contributed by atoms with Crippen molar-refractivity contribution < 1.29 is 0 Å². The molecule has 4 unspecified atom stereocenters. The van der Waals surface area contributed by atoms with E-state index < -0.39 is 0 Å². The summed E-state index contributed by atoms with van der Waals surface area (Å²) in [6, 6.07) is 35.3. The first-order valence-corrected chi connectivity index (χ1v) is 15.2. The average molecular weight is 559 g/mol. The lowest BCUT2D eigenvalue weighted by atomic mass is 9.82. The highest BCUT2D eigenvalue weighted by molar-refractivity contribution is 6.11. The lowest BCUT2D eigenvalue weighted by Crippen LogP contribution is -2.20. The lowest BCUT2D eigenvalue weighted by Gasteiger charge is -2.31. The minimum absolute atomic E-state index is 0.0706. The fourth-order valence-corrected chi connectivity index (χ4v) is 7.36. The third kappa shape index (κ3) is 4.09. The molecule has 0 saturated carbocycles. The summed E-state index contributed by atoms with van der Waals surface area (Å²) >= 11 is 0. The Hall–Kier alpha value is -5.09. The quantitative estimate of drug-likeness (QED) is 0.209. The molecule has 0 fully saturated rings. The zero-order chi connectivity index (χ0) is 29.1. The molecule has 6 aromatic rings. The van der Waals surface area contributed by atoms with Crippen LogP contribution in [0.2, 0.25) is 0 Å². The smallest absolute Gasteiger partial charge is 0.0646 e. The van der Waals surface area contributed by atoms with Crippen molar-refractivity contribution in [2.24, 2.45) is 11.8 Å². The molecule has 3 heterocycles. The molecule has 4 heteroatoms. The van der Waals surface area contributed by atoms with Gasteiger partial charge >= 0.3 is 0 Å². The molecule has 4 bridgehead atoms. The summed E-state index contributed by atoms with van der Waals surface area (Å²) in [5.41, 5.74) is 10.7. The maximum atomic E-state index is 8.16. The fourth-order valence-electron chi connectivity index (χ4n) is 7.36. The standard InChI is InChI=1S/C39H34N4/c1-25-10-8-16-32-33-21-34-31-15-6-7-17-36(31)43(30-13-4-3-5-14-30)37(34)22-35(33)41-29-12-9-11-27(20-29)38(26(2)23-40)28-18-19-42(24-28)39(25)32/h3-26,38-41H,1-2H3. The summed E-state index contributed by atoms with van der Waals surface area (Å²) in [4.78, 5) is 0. The van der Waals surface area contributed by atoms with Gasteiger partial charge in [-0.1, -0.05) is 80.6 Å². The lowest BCUT2D eigenvalue weighted by molar-refractivity contribution is 0.500. The van der Waals surface area contributed by atoms with E-state index in [9.17, 15) is 0 Å². The predicted octanol–water partition coefficient (Wildman–Crippen LogP) is 9.89. The molecule has 210 valence electrons. The number of benzene rings is 4. The number of nitrogens with zero attached hydrogens (tertiary/aromatic N) is 2. The number of hydrogen-bond donors (Lipinski definition) is 2. The molecule has 4 nitrogen and oxygen atoms in total. The van der Waals surface area contributed by atoms with Crippen LogP contribution in [0.15, 0.2) is 128 Å². The number of hydrogen-bond acceptors (Lipinski definition) is 2. The Bertz CT molecular complexity index is 2070. The van der Waals surface area contributed by atoms with Gasteiger partial charge in [0.15, 0.2) is 0 Å². The summed E-state index contributed by atoms with van der Waals surface area (Å²) in [5.74, 6) is 0.486. The molecule has 0 spiro atoms. The Morgan fingerprint density at radius 3 is 2.53 bits per heavy atom. The zero-order valence-corrected chi connectivity index (χ0v) is 24.4. The van der Waals surface area contributed by atoms with Crippen molar-refractivity contribution in [3.05, 3.63) is 144 Å². The molecule has 2 aliphatic rings. The van der Waals surface area contributed by atoms with Crippen molar-refractivity contribution in [2.45, 2.75) is 25.8 Å². The summed E-state index contributed by atoms with van der Waals surface area (Å²) in [5, 5.41) is 14.5. The molecular weight excluding hydrogens is 524 g/mol. The second-order valence-corrected chi connectivity index (χ2v) is 12.1. The highest BCUT2D eigenvalue weighted by Gasteiger charge is 2.30. The summed E-state index contributed by atoms with van der Waals surface area (Å²) < 4.78 is 4.78.